The number of thiophene rings is 1. The number of hydrogen-bond donors (Lipinski definition) is 2. The summed E-state index contributed by atoms with van der Waals surface area (Å²) in [5.41, 5.74) is 1.86. The lowest BCUT2D eigenvalue weighted by Gasteiger charge is -2.09. The minimum atomic E-state index is -3.47. The van der Waals surface area contributed by atoms with Crippen molar-refractivity contribution in [2.45, 2.75) is 25.3 Å². The maximum atomic E-state index is 12.9. The standard InChI is InChI=1S/C22H20ClN3O4S2/c1-3-32(29,30)16-8-9-19(27)18(10-16)24-21(28)20-11-17-13(2)25-26(22(17)31-20)12-14-4-6-15(23)7-5-14/h4-11,27H,3,12H2,1-2H3,(H,24,28). The Morgan fingerprint density at radius 1 is 1.19 bits per heavy atom. The molecule has 32 heavy (non-hydrogen) atoms. The highest BCUT2D eigenvalue weighted by Gasteiger charge is 2.19. The highest BCUT2D eigenvalue weighted by molar-refractivity contribution is 7.91. The summed E-state index contributed by atoms with van der Waals surface area (Å²) in [6.07, 6.45) is 0. The number of sulfone groups is 1. The van der Waals surface area contributed by atoms with Crippen molar-refractivity contribution in [3.8, 4) is 5.75 Å². The second-order valence-corrected chi connectivity index (χ2v) is 11.0. The van der Waals surface area contributed by atoms with Gasteiger partial charge in [0.2, 0.25) is 0 Å². The van der Waals surface area contributed by atoms with Gasteiger partial charge in [0, 0.05) is 10.4 Å². The lowest BCUT2D eigenvalue weighted by atomic mass is 10.2. The van der Waals surface area contributed by atoms with Crippen LogP contribution in [0.25, 0.3) is 10.2 Å². The molecular formula is C22H20ClN3O4S2. The van der Waals surface area contributed by atoms with E-state index in [1.807, 2.05) is 35.9 Å². The fourth-order valence-electron chi connectivity index (χ4n) is 3.25. The first-order valence-corrected chi connectivity index (χ1v) is 12.6. The van der Waals surface area contributed by atoms with Crippen molar-refractivity contribution in [3.63, 3.8) is 0 Å². The van der Waals surface area contributed by atoms with E-state index in [2.05, 4.69) is 10.4 Å². The third-order valence-electron chi connectivity index (χ3n) is 5.03. The molecule has 0 unspecified atom stereocenters. The van der Waals surface area contributed by atoms with E-state index in [9.17, 15) is 18.3 Å². The molecule has 1 amide bonds. The summed E-state index contributed by atoms with van der Waals surface area (Å²) in [5, 5.41) is 18.8. The number of benzene rings is 2. The second kappa shape index (κ2) is 8.57. The van der Waals surface area contributed by atoms with Gasteiger partial charge in [-0.1, -0.05) is 30.7 Å². The van der Waals surface area contributed by atoms with Gasteiger partial charge < -0.3 is 10.4 Å². The number of aromatic hydroxyl groups is 1. The van der Waals surface area contributed by atoms with Crippen molar-refractivity contribution in [1.29, 1.82) is 0 Å². The lowest BCUT2D eigenvalue weighted by molar-refractivity contribution is 0.103. The number of nitrogens with zero attached hydrogens (tertiary/aromatic N) is 2. The van der Waals surface area contributed by atoms with E-state index in [1.54, 1.807) is 6.07 Å². The molecule has 0 aliphatic carbocycles. The van der Waals surface area contributed by atoms with Crippen molar-refractivity contribution in [1.82, 2.24) is 9.78 Å². The number of amides is 1. The summed E-state index contributed by atoms with van der Waals surface area (Å²) < 4.78 is 26.1. The average Bonchev–Trinajstić information content (AvgIpc) is 3.32. The van der Waals surface area contributed by atoms with E-state index in [0.717, 1.165) is 21.5 Å². The Labute approximate surface area is 194 Å². The Bertz CT molecular complexity index is 1420. The number of phenols is 1. The number of phenolic OH excluding ortho intramolecular Hbond substituents is 1. The number of aryl methyl sites for hydroxylation is 1. The number of aromatic nitrogens is 2. The van der Waals surface area contributed by atoms with Gasteiger partial charge in [0.05, 0.1) is 33.5 Å². The van der Waals surface area contributed by atoms with Gasteiger partial charge in [0.1, 0.15) is 10.6 Å². The fourth-order valence-corrected chi connectivity index (χ4v) is 5.34. The first-order valence-electron chi connectivity index (χ1n) is 9.76. The Kier molecular flexibility index (Phi) is 5.98. The SMILES string of the molecule is CCS(=O)(=O)c1ccc(O)c(NC(=O)c2cc3c(C)nn(Cc4ccc(Cl)cc4)c3s2)c1. The molecule has 2 N–H and O–H groups in total. The molecule has 0 aliphatic heterocycles. The van der Waals surface area contributed by atoms with Gasteiger partial charge >= 0.3 is 0 Å². The van der Waals surface area contributed by atoms with Crippen molar-refractivity contribution < 1.29 is 18.3 Å². The molecule has 4 aromatic rings. The minimum absolute atomic E-state index is 0.0406. The quantitative estimate of drug-likeness (QED) is 0.377. The zero-order valence-corrected chi connectivity index (χ0v) is 19.7. The molecule has 0 fully saturated rings. The first kappa shape index (κ1) is 22.3. The topological polar surface area (TPSA) is 101 Å². The van der Waals surface area contributed by atoms with E-state index >= 15 is 0 Å². The number of halogens is 1. The largest absolute Gasteiger partial charge is 0.506 e. The van der Waals surface area contributed by atoms with Gasteiger partial charge in [0.15, 0.2) is 9.84 Å². The molecule has 10 heteroatoms. The molecule has 0 spiro atoms. The van der Waals surface area contributed by atoms with Crippen LogP contribution in [0.5, 0.6) is 5.75 Å². The molecule has 0 bridgehead atoms. The van der Waals surface area contributed by atoms with Crippen LogP contribution in [0.15, 0.2) is 53.4 Å². The number of fused-ring (bicyclic) bond motifs is 1. The minimum Gasteiger partial charge on any atom is -0.506 e. The molecule has 0 saturated heterocycles. The van der Waals surface area contributed by atoms with Gasteiger partial charge in [-0.15, -0.1) is 11.3 Å². The summed E-state index contributed by atoms with van der Waals surface area (Å²) >= 11 is 7.23. The summed E-state index contributed by atoms with van der Waals surface area (Å²) in [7, 11) is -3.47. The van der Waals surface area contributed by atoms with E-state index in [0.29, 0.717) is 16.4 Å². The van der Waals surface area contributed by atoms with Gasteiger partial charge in [-0.3, -0.25) is 9.48 Å². The molecule has 7 nitrogen and oxygen atoms in total. The molecule has 0 aliphatic rings. The number of anilines is 1. The molecule has 0 radical (unpaired) electrons. The maximum absolute atomic E-state index is 12.9. The maximum Gasteiger partial charge on any atom is 0.265 e. The molecule has 166 valence electrons. The normalized spacial score (nSPS) is 11.7. The number of carbonyl (C=O) groups excluding carboxylic acids is 1. The van der Waals surface area contributed by atoms with E-state index in [4.69, 9.17) is 11.6 Å². The van der Waals surface area contributed by atoms with Crippen LogP contribution in [0.1, 0.15) is 27.9 Å². The highest BCUT2D eigenvalue weighted by atomic mass is 35.5. The van der Waals surface area contributed by atoms with E-state index < -0.39 is 15.7 Å². The fraction of sp³-hybridized carbons (Fsp3) is 0.182. The Morgan fingerprint density at radius 2 is 1.91 bits per heavy atom. The third kappa shape index (κ3) is 4.36. The molecule has 4 rings (SSSR count). The number of rotatable bonds is 6. The zero-order valence-electron chi connectivity index (χ0n) is 17.3. The van der Waals surface area contributed by atoms with Crippen LogP contribution in [0, 0.1) is 6.92 Å². The van der Waals surface area contributed by atoms with Gasteiger partial charge in [-0.25, -0.2) is 8.42 Å². The van der Waals surface area contributed by atoms with Crippen LogP contribution in [0.3, 0.4) is 0 Å². The van der Waals surface area contributed by atoms with Crippen LogP contribution in [-0.4, -0.2) is 35.0 Å². The average molecular weight is 490 g/mol. The predicted molar refractivity (Wildman–Crippen MR) is 127 cm³/mol. The Balaban J connectivity index is 1.62. The molecule has 2 aromatic carbocycles. The van der Waals surface area contributed by atoms with Crippen LogP contribution < -0.4 is 5.32 Å². The summed E-state index contributed by atoms with van der Waals surface area (Å²) in [6.45, 7) is 3.94. The highest BCUT2D eigenvalue weighted by Crippen LogP contribution is 2.32. The lowest BCUT2D eigenvalue weighted by Crippen LogP contribution is -2.11. The smallest absolute Gasteiger partial charge is 0.265 e. The van der Waals surface area contributed by atoms with Crippen molar-refractivity contribution >= 4 is 54.6 Å². The van der Waals surface area contributed by atoms with Crippen molar-refractivity contribution in [2.24, 2.45) is 0 Å². The number of carbonyl (C=O) groups is 1. The first-order chi connectivity index (χ1) is 15.2. The number of hydrogen-bond acceptors (Lipinski definition) is 6. The molecule has 0 atom stereocenters. The van der Waals surface area contributed by atoms with E-state index in [-0.39, 0.29) is 22.1 Å². The van der Waals surface area contributed by atoms with Crippen molar-refractivity contribution in [2.75, 3.05) is 11.1 Å². The number of nitrogens with one attached hydrogen (secondary N) is 1. The van der Waals surface area contributed by atoms with Crippen LogP contribution in [0.4, 0.5) is 5.69 Å². The van der Waals surface area contributed by atoms with Gasteiger partial charge in [-0.2, -0.15) is 5.10 Å². The third-order valence-corrected chi connectivity index (χ3v) is 8.16. The van der Waals surface area contributed by atoms with Crippen LogP contribution in [-0.2, 0) is 16.4 Å². The van der Waals surface area contributed by atoms with Crippen LogP contribution >= 0.6 is 22.9 Å². The summed E-state index contributed by atoms with van der Waals surface area (Å²) in [4.78, 5) is 14.2. The van der Waals surface area contributed by atoms with E-state index in [1.165, 1.54) is 36.5 Å². The molecule has 2 aromatic heterocycles. The zero-order chi connectivity index (χ0) is 23.0. The molecular weight excluding hydrogens is 470 g/mol. The van der Waals surface area contributed by atoms with Gasteiger partial charge in [-0.05, 0) is 48.9 Å². The Morgan fingerprint density at radius 3 is 2.59 bits per heavy atom. The monoisotopic (exact) mass is 489 g/mol. The van der Waals surface area contributed by atoms with Crippen molar-refractivity contribution in [3.05, 3.63) is 69.7 Å². The van der Waals surface area contributed by atoms with Gasteiger partial charge in [0.25, 0.3) is 5.91 Å². The summed E-state index contributed by atoms with van der Waals surface area (Å²) in [5.74, 6) is -0.727. The van der Waals surface area contributed by atoms with Crippen LogP contribution in [0.2, 0.25) is 5.02 Å². The second-order valence-electron chi connectivity index (χ2n) is 7.24. The Hall–Kier alpha value is -2.88. The molecule has 0 saturated carbocycles. The predicted octanol–water partition coefficient (Wildman–Crippen LogP) is 4.86. The summed E-state index contributed by atoms with van der Waals surface area (Å²) in [6, 6.07) is 13.1. The molecule has 2 heterocycles.